The molecular formula is C47H88NO8P. The molecule has 0 saturated heterocycles. The van der Waals surface area contributed by atoms with Crippen molar-refractivity contribution in [3.8, 4) is 0 Å². The first-order chi connectivity index (χ1) is 27.8. The number of phosphoric acid groups is 1. The molecule has 0 heterocycles. The third-order valence-electron chi connectivity index (χ3n) is 10.0. The van der Waals surface area contributed by atoms with Gasteiger partial charge in [-0.1, -0.05) is 198 Å². The fourth-order valence-electron chi connectivity index (χ4n) is 6.53. The number of hydrogen-bond donors (Lipinski definition) is 2. The minimum atomic E-state index is -4.39. The van der Waals surface area contributed by atoms with Crippen molar-refractivity contribution >= 4 is 19.8 Å². The van der Waals surface area contributed by atoms with Crippen LogP contribution >= 0.6 is 7.82 Å². The standard InChI is InChI=1S/C47H88NO8P/c1-3-5-7-9-11-13-15-17-19-21-22-24-25-27-29-31-33-35-37-39-46(49)53-43-45(44-55-57(51,52)54-42-41-48)56-47(50)40-38-36-34-32-30-28-26-23-20-18-16-14-12-10-8-6-4-2/h18,20,26,28,32,34,45H,3-17,19,21-25,27,29-31,33,35-44,48H2,1-2H3,(H,51,52)/b20-18-,28-26-,34-32-/t45-/m1/s1. The van der Waals surface area contributed by atoms with Gasteiger partial charge in [-0.2, -0.15) is 0 Å². The molecular weight excluding hydrogens is 737 g/mol. The summed E-state index contributed by atoms with van der Waals surface area (Å²) in [5.74, 6) is -0.881. The zero-order valence-electron chi connectivity index (χ0n) is 36.8. The minimum Gasteiger partial charge on any atom is -0.462 e. The van der Waals surface area contributed by atoms with Crippen LogP contribution in [-0.4, -0.2) is 49.3 Å². The van der Waals surface area contributed by atoms with Gasteiger partial charge in [0.1, 0.15) is 6.61 Å². The molecule has 0 aliphatic rings. The first-order valence-electron chi connectivity index (χ1n) is 23.5. The molecule has 0 fully saturated rings. The lowest BCUT2D eigenvalue weighted by atomic mass is 10.0. The highest BCUT2D eigenvalue weighted by Crippen LogP contribution is 2.43. The summed E-state index contributed by atoms with van der Waals surface area (Å²) in [6.45, 7) is 3.70. The van der Waals surface area contributed by atoms with Crippen LogP contribution in [0.15, 0.2) is 36.5 Å². The van der Waals surface area contributed by atoms with E-state index in [4.69, 9.17) is 24.3 Å². The van der Waals surface area contributed by atoms with Gasteiger partial charge in [0.15, 0.2) is 6.10 Å². The molecule has 10 heteroatoms. The van der Waals surface area contributed by atoms with Gasteiger partial charge in [0.05, 0.1) is 13.2 Å². The third-order valence-corrected chi connectivity index (χ3v) is 11.0. The summed E-state index contributed by atoms with van der Waals surface area (Å²) in [6.07, 6.45) is 49.0. The molecule has 0 spiro atoms. The van der Waals surface area contributed by atoms with Gasteiger partial charge in [0.2, 0.25) is 0 Å². The fraction of sp³-hybridized carbons (Fsp3) is 0.830. The lowest BCUT2D eigenvalue weighted by Gasteiger charge is -2.19. The van der Waals surface area contributed by atoms with Crippen molar-refractivity contribution in [2.24, 2.45) is 5.73 Å². The minimum absolute atomic E-state index is 0.0465. The molecule has 0 aromatic heterocycles. The number of rotatable bonds is 44. The van der Waals surface area contributed by atoms with Crippen molar-refractivity contribution < 1.29 is 37.6 Å². The molecule has 0 amide bonds. The van der Waals surface area contributed by atoms with Gasteiger partial charge < -0.3 is 20.1 Å². The van der Waals surface area contributed by atoms with Crippen LogP contribution in [0.3, 0.4) is 0 Å². The van der Waals surface area contributed by atoms with Crippen molar-refractivity contribution in [3.05, 3.63) is 36.5 Å². The smallest absolute Gasteiger partial charge is 0.462 e. The van der Waals surface area contributed by atoms with E-state index < -0.39 is 32.5 Å². The zero-order valence-corrected chi connectivity index (χ0v) is 37.7. The maximum atomic E-state index is 12.6. The number of ether oxygens (including phenoxy) is 2. The Balaban J connectivity index is 4.15. The van der Waals surface area contributed by atoms with E-state index in [9.17, 15) is 19.0 Å². The third kappa shape index (κ3) is 43.6. The second kappa shape index (κ2) is 43.8. The first-order valence-corrected chi connectivity index (χ1v) is 25.0. The molecule has 0 aliphatic heterocycles. The molecule has 0 saturated carbocycles. The van der Waals surface area contributed by atoms with Gasteiger partial charge in [0, 0.05) is 19.4 Å². The number of allylic oxidation sites excluding steroid dienone is 6. The lowest BCUT2D eigenvalue weighted by Crippen LogP contribution is -2.29. The number of carbonyl (C=O) groups is 2. The Kier molecular flexibility index (Phi) is 42.4. The molecule has 0 bridgehead atoms. The van der Waals surface area contributed by atoms with Crippen LogP contribution in [0.25, 0.3) is 0 Å². The molecule has 3 N–H and O–H groups in total. The quantitative estimate of drug-likeness (QED) is 0.0266. The van der Waals surface area contributed by atoms with Crippen molar-refractivity contribution in [2.45, 2.75) is 225 Å². The van der Waals surface area contributed by atoms with E-state index >= 15 is 0 Å². The van der Waals surface area contributed by atoms with E-state index in [0.29, 0.717) is 6.42 Å². The van der Waals surface area contributed by atoms with Gasteiger partial charge in [0.25, 0.3) is 0 Å². The molecule has 0 aliphatic carbocycles. The Bertz CT molecular complexity index is 1030. The summed E-state index contributed by atoms with van der Waals surface area (Å²) >= 11 is 0. The molecule has 0 radical (unpaired) electrons. The van der Waals surface area contributed by atoms with Crippen LogP contribution in [0.5, 0.6) is 0 Å². The maximum absolute atomic E-state index is 12.6. The van der Waals surface area contributed by atoms with Crippen LogP contribution in [0.1, 0.15) is 219 Å². The highest BCUT2D eigenvalue weighted by molar-refractivity contribution is 7.47. The van der Waals surface area contributed by atoms with Crippen molar-refractivity contribution in [1.82, 2.24) is 0 Å². The van der Waals surface area contributed by atoms with Gasteiger partial charge in [-0.05, 0) is 44.9 Å². The number of esters is 2. The largest absolute Gasteiger partial charge is 0.472 e. The maximum Gasteiger partial charge on any atom is 0.472 e. The number of unbranched alkanes of at least 4 members (excludes halogenated alkanes) is 25. The van der Waals surface area contributed by atoms with Crippen molar-refractivity contribution in [1.29, 1.82) is 0 Å². The second-order valence-corrected chi connectivity index (χ2v) is 17.1. The fourth-order valence-corrected chi connectivity index (χ4v) is 7.30. The van der Waals surface area contributed by atoms with E-state index in [1.807, 2.05) is 6.08 Å². The summed E-state index contributed by atoms with van der Waals surface area (Å²) in [4.78, 5) is 34.9. The summed E-state index contributed by atoms with van der Waals surface area (Å²) in [6, 6.07) is 0. The van der Waals surface area contributed by atoms with Crippen LogP contribution in [0.4, 0.5) is 0 Å². The lowest BCUT2D eigenvalue weighted by molar-refractivity contribution is -0.161. The van der Waals surface area contributed by atoms with E-state index in [0.717, 1.165) is 44.9 Å². The van der Waals surface area contributed by atoms with Crippen LogP contribution in [0.2, 0.25) is 0 Å². The van der Waals surface area contributed by atoms with Crippen molar-refractivity contribution in [3.63, 3.8) is 0 Å². The van der Waals surface area contributed by atoms with E-state index in [1.165, 1.54) is 141 Å². The molecule has 0 aromatic carbocycles. The van der Waals surface area contributed by atoms with Gasteiger partial charge >= 0.3 is 19.8 Å². The molecule has 0 aromatic rings. The molecule has 9 nitrogen and oxygen atoms in total. The Hall–Kier alpha value is -1.77. The Morgan fingerprint density at radius 3 is 1.40 bits per heavy atom. The summed E-state index contributed by atoms with van der Waals surface area (Å²) in [5, 5.41) is 0. The molecule has 334 valence electrons. The summed E-state index contributed by atoms with van der Waals surface area (Å²) in [7, 11) is -4.39. The highest BCUT2D eigenvalue weighted by atomic mass is 31.2. The van der Waals surface area contributed by atoms with Gasteiger partial charge in [-0.15, -0.1) is 0 Å². The van der Waals surface area contributed by atoms with Crippen LogP contribution in [-0.2, 0) is 32.7 Å². The summed E-state index contributed by atoms with van der Waals surface area (Å²) in [5.41, 5.74) is 5.35. The number of carbonyl (C=O) groups excluding carboxylic acids is 2. The van der Waals surface area contributed by atoms with Gasteiger partial charge in [-0.3, -0.25) is 18.6 Å². The topological polar surface area (TPSA) is 134 Å². The first kappa shape index (κ1) is 55.2. The highest BCUT2D eigenvalue weighted by Gasteiger charge is 2.26. The van der Waals surface area contributed by atoms with Gasteiger partial charge in [-0.25, -0.2) is 4.57 Å². The average Bonchev–Trinajstić information content (AvgIpc) is 3.20. The average molecular weight is 826 g/mol. The monoisotopic (exact) mass is 826 g/mol. The second-order valence-electron chi connectivity index (χ2n) is 15.6. The number of phosphoric ester groups is 1. The van der Waals surface area contributed by atoms with Crippen LogP contribution in [0, 0.1) is 0 Å². The Labute approximate surface area is 350 Å². The van der Waals surface area contributed by atoms with Crippen molar-refractivity contribution in [2.75, 3.05) is 26.4 Å². The molecule has 1 unspecified atom stereocenters. The molecule has 0 rings (SSSR count). The summed E-state index contributed by atoms with van der Waals surface area (Å²) < 4.78 is 32.8. The molecule has 57 heavy (non-hydrogen) atoms. The normalized spacial score (nSPS) is 13.5. The molecule has 2 atom stereocenters. The van der Waals surface area contributed by atoms with E-state index in [1.54, 1.807) is 0 Å². The zero-order chi connectivity index (χ0) is 41.8. The predicted molar refractivity (Wildman–Crippen MR) is 238 cm³/mol. The predicted octanol–water partition coefficient (Wildman–Crippen LogP) is 13.7. The Morgan fingerprint density at radius 2 is 0.930 bits per heavy atom. The van der Waals surface area contributed by atoms with Crippen LogP contribution < -0.4 is 5.73 Å². The Morgan fingerprint density at radius 1 is 0.526 bits per heavy atom. The number of hydrogen-bond acceptors (Lipinski definition) is 8. The van der Waals surface area contributed by atoms with E-state index in [2.05, 4.69) is 44.2 Å². The number of nitrogens with two attached hydrogens (primary N) is 1. The SMILES string of the molecule is CCCCCCCC/C=C\C/C=C\C/C=C\CCCC(=O)O[C@H](COC(=O)CCCCCCCCCCCCCCCCCCCCC)COP(=O)(O)OCCN. The van der Waals surface area contributed by atoms with E-state index in [-0.39, 0.29) is 32.6 Å².